The molecule has 0 aliphatic carbocycles. The van der Waals surface area contributed by atoms with Gasteiger partial charge in [0, 0.05) is 18.3 Å². The molecule has 0 spiro atoms. The number of carbonyl (C=O) groups excluding carboxylic acids is 1. The number of thiophene rings is 1. The minimum atomic E-state index is -0.193. The van der Waals surface area contributed by atoms with E-state index in [0.29, 0.717) is 6.54 Å². The van der Waals surface area contributed by atoms with Crippen molar-refractivity contribution in [2.24, 2.45) is 0 Å². The maximum atomic E-state index is 11.7. The number of H-pyrrole nitrogens is 1. The number of hydrogen-bond acceptors (Lipinski definition) is 3. The molecule has 18 heavy (non-hydrogen) atoms. The molecule has 0 aromatic carbocycles. The van der Waals surface area contributed by atoms with E-state index in [1.807, 2.05) is 18.4 Å². The van der Waals surface area contributed by atoms with Gasteiger partial charge in [0.2, 0.25) is 0 Å². The molecule has 2 heterocycles. The Morgan fingerprint density at radius 3 is 3.11 bits per heavy atom. The highest BCUT2D eigenvalue weighted by atomic mass is 79.9. The van der Waals surface area contributed by atoms with Gasteiger partial charge in [0.1, 0.15) is 0 Å². The van der Waals surface area contributed by atoms with Gasteiger partial charge in [-0.2, -0.15) is 5.10 Å². The average Bonchev–Trinajstić information content (AvgIpc) is 2.97. The predicted molar refractivity (Wildman–Crippen MR) is 74.4 cm³/mol. The van der Waals surface area contributed by atoms with E-state index in [9.17, 15) is 4.79 Å². The van der Waals surface area contributed by atoms with E-state index >= 15 is 0 Å². The number of urea groups is 1. The van der Waals surface area contributed by atoms with Crippen LogP contribution in [0, 0.1) is 0 Å². The zero-order chi connectivity index (χ0) is 13.0. The molecular formula is C11H13BrN4OS. The summed E-state index contributed by atoms with van der Waals surface area (Å²) in [7, 11) is 0. The first-order valence-electron chi connectivity index (χ1n) is 5.41. The van der Waals surface area contributed by atoms with Crippen LogP contribution in [-0.4, -0.2) is 16.2 Å². The molecule has 0 saturated heterocycles. The highest BCUT2D eigenvalue weighted by Crippen LogP contribution is 2.22. The van der Waals surface area contributed by atoms with Gasteiger partial charge in [0.15, 0.2) is 0 Å². The number of aromatic amines is 1. The topological polar surface area (TPSA) is 69.8 Å². The third kappa shape index (κ3) is 3.33. The van der Waals surface area contributed by atoms with Gasteiger partial charge in [-0.3, -0.25) is 5.10 Å². The number of nitrogens with zero attached hydrogens (tertiary/aromatic N) is 1. The fraction of sp³-hybridized carbons (Fsp3) is 0.273. The van der Waals surface area contributed by atoms with Gasteiger partial charge >= 0.3 is 6.03 Å². The molecule has 0 radical (unpaired) electrons. The van der Waals surface area contributed by atoms with E-state index in [-0.39, 0.29) is 12.1 Å². The standard InChI is InChI=1S/C11H13BrN4OS/c1-7(9-5-14-15-6-9)16-11(17)13-4-8-2-3-18-10(8)12/h2-3,5-7H,4H2,1H3,(H,14,15)(H2,13,16,17)/t7-/m1/s1. The number of carbonyl (C=O) groups is 1. The largest absolute Gasteiger partial charge is 0.334 e. The smallest absolute Gasteiger partial charge is 0.315 e. The Labute approximate surface area is 117 Å². The van der Waals surface area contributed by atoms with Gasteiger partial charge in [-0.1, -0.05) is 0 Å². The molecule has 0 saturated carbocycles. The van der Waals surface area contributed by atoms with Crippen LogP contribution in [0.4, 0.5) is 4.79 Å². The average molecular weight is 329 g/mol. The molecule has 2 rings (SSSR count). The Hall–Kier alpha value is -1.34. The first-order chi connectivity index (χ1) is 8.66. The number of nitrogens with one attached hydrogen (secondary N) is 3. The Balaban J connectivity index is 1.81. The molecule has 3 N–H and O–H groups in total. The molecule has 5 nitrogen and oxygen atoms in total. The molecule has 1 atom stereocenters. The number of halogens is 1. The molecular weight excluding hydrogens is 316 g/mol. The zero-order valence-electron chi connectivity index (χ0n) is 9.74. The zero-order valence-corrected chi connectivity index (χ0v) is 12.1. The van der Waals surface area contributed by atoms with Crippen LogP contribution in [0.5, 0.6) is 0 Å². The molecule has 7 heteroatoms. The monoisotopic (exact) mass is 328 g/mol. The Bertz CT molecular complexity index is 511. The second kappa shape index (κ2) is 6.01. The van der Waals surface area contributed by atoms with Crippen LogP contribution < -0.4 is 10.6 Å². The van der Waals surface area contributed by atoms with Gasteiger partial charge in [0.05, 0.1) is 16.0 Å². The lowest BCUT2D eigenvalue weighted by atomic mass is 10.2. The summed E-state index contributed by atoms with van der Waals surface area (Å²) in [6.45, 7) is 2.42. The number of rotatable bonds is 4. The van der Waals surface area contributed by atoms with Crippen molar-refractivity contribution in [3.05, 3.63) is 38.8 Å². The molecule has 2 aromatic rings. The maximum absolute atomic E-state index is 11.7. The summed E-state index contributed by atoms with van der Waals surface area (Å²) in [4.78, 5) is 11.7. The van der Waals surface area contributed by atoms with Gasteiger partial charge in [0.25, 0.3) is 0 Å². The van der Waals surface area contributed by atoms with Gasteiger partial charge in [-0.15, -0.1) is 11.3 Å². The van der Waals surface area contributed by atoms with Gasteiger partial charge in [-0.05, 0) is 39.9 Å². The summed E-state index contributed by atoms with van der Waals surface area (Å²) in [5.41, 5.74) is 2.02. The predicted octanol–water partition coefficient (Wildman–Crippen LogP) is 2.79. The van der Waals surface area contributed by atoms with Crippen molar-refractivity contribution in [1.29, 1.82) is 0 Å². The molecule has 0 fully saturated rings. The lowest BCUT2D eigenvalue weighted by molar-refractivity contribution is 0.237. The lowest BCUT2D eigenvalue weighted by Crippen LogP contribution is -2.36. The summed E-state index contributed by atoms with van der Waals surface area (Å²) in [5.74, 6) is 0. The van der Waals surface area contributed by atoms with E-state index in [1.54, 1.807) is 23.7 Å². The van der Waals surface area contributed by atoms with E-state index in [2.05, 4.69) is 36.8 Å². The Kier molecular flexibility index (Phi) is 4.38. The first-order valence-corrected chi connectivity index (χ1v) is 7.09. The minimum Gasteiger partial charge on any atom is -0.334 e. The molecule has 0 unspecified atom stereocenters. The van der Waals surface area contributed by atoms with E-state index in [4.69, 9.17) is 0 Å². The van der Waals surface area contributed by atoms with Crippen LogP contribution >= 0.6 is 27.3 Å². The Morgan fingerprint density at radius 2 is 2.50 bits per heavy atom. The summed E-state index contributed by atoms with van der Waals surface area (Å²) in [6, 6.07) is 1.71. The summed E-state index contributed by atoms with van der Waals surface area (Å²) < 4.78 is 1.05. The molecule has 96 valence electrons. The van der Waals surface area contributed by atoms with Crippen LogP contribution in [0.15, 0.2) is 27.6 Å². The van der Waals surface area contributed by atoms with Crippen LogP contribution in [0.3, 0.4) is 0 Å². The second-order valence-corrected chi connectivity index (χ2v) is 6.03. The van der Waals surface area contributed by atoms with Crippen molar-refractivity contribution in [3.63, 3.8) is 0 Å². The third-order valence-corrected chi connectivity index (χ3v) is 4.31. The Morgan fingerprint density at radius 1 is 1.67 bits per heavy atom. The van der Waals surface area contributed by atoms with E-state index in [0.717, 1.165) is 14.9 Å². The van der Waals surface area contributed by atoms with Crippen molar-refractivity contribution in [1.82, 2.24) is 20.8 Å². The van der Waals surface area contributed by atoms with Crippen molar-refractivity contribution in [3.8, 4) is 0 Å². The highest BCUT2D eigenvalue weighted by Gasteiger charge is 2.10. The summed E-state index contributed by atoms with van der Waals surface area (Å²) in [5, 5.41) is 14.2. The number of amides is 2. The SMILES string of the molecule is C[C@@H](NC(=O)NCc1ccsc1Br)c1cn[nH]c1. The quantitative estimate of drug-likeness (QED) is 0.807. The van der Waals surface area contributed by atoms with Gasteiger partial charge in [-0.25, -0.2) is 4.79 Å². The fourth-order valence-electron chi connectivity index (χ4n) is 1.45. The van der Waals surface area contributed by atoms with Crippen LogP contribution in [-0.2, 0) is 6.54 Å². The van der Waals surface area contributed by atoms with Crippen molar-refractivity contribution >= 4 is 33.3 Å². The number of hydrogen-bond donors (Lipinski definition) is 3. The van der Waals surface area contributed by atoms with Crippen molar-refractivity contribution < 1.29 is 4.79 Å². The highest BCUT2D eigenvalue weighted by molar-refractivity contribution is 9.11. The van der Waals surface area contributed by atoms with E-state index < -0.39 is 0 Å². The van der Waals surface area contributed by atoms with Crippen LogP contribution in [0.1, 0.15) is 24.1 Å². The van der Waals surface area contributed by atoms with Crippen molar-refractivity contribution in [2.45, 2.75) is 19.5 Å². The van der Waals surface area contributed by atoms with Crippen molar-refractivity contribution in [2.75, 3.05) is 0 Å². The summed E-state index contributed by atoms with van der Waals surface area (Å²) >= 11 is 5.03. The van der Waals surface area contributed by atoms with Crippen LogP contribution in [0.25, 0.3) is 0 Å². The summed E-state index contributed by atoms with van der Waals surface area (Å²) in [6.07, 6.45) is 3.46. The van der Waals surface area contributed by atoms with Gasteiger partial charge < -0.3 is 10.6 Å². The van der Waals surface area contributed by atoms with Crippen LogP contribution in [0.2, 0.25) is 0 Å². The maximum Gasteiger partial charge on any atom is 0.315 e. The fourth-order valence-corrected chi connectivity index (χ4v) is 2.69. The third-order valence-electron chi connectivity index (χ3n) is 2.50. The molecule has 0 aliphatic rings. The van der Waals surface area contributed by atoms with E-state index in [1.165, 1.54) is 0 Å². The number of aromatic nitrogens is 2. The normalized spacial score (nSPS) is 12.1. The second-order valence-electron chi connectivity index (χ2n) is 3.80. The first kappa shape index (κ1) is 13.1. The molecule has 2 amide bonds. The molecule has 2 aromatic heterocycles. The lowest BCUT2D eigenvalue weighted by Gasteiger charge is -2.12. The minimum absolute atomic E-state index is 0.0744. The molecule has 0 aliphatic heterocycles. The molecule has 0 bridgehead atoms.